The Balaban J connectivity index is 4.53. The zero-order valence-electron chi connectivity index (χ0n) is 9.21. The first-order valence-corrected chi connectivity index (χ1v) is 4.82. The summed E-state index contributed by atoms with van der Waals surface area (Å²) in [4.78, 5) is 9.49. The molecule has 0 aromatic carbocycles. The number of nitrogens with zero attached hydrogens (tertiary/aromatic N) is 1. The van der Waals surface area contributed by atoms with E-state index >= 15 is 0 Å². The minimum Gasteiger partial charge on any atom is -0.394 e. The normalized spacial score (nSPS) is 20.4. The molecule has 0 radical (unpaired) electrons. The van der Waals surface area contributed by atoms with Crippen molar-refractivity contribution < 1.29 is 35.2 Å². The van der Waals surface area contributed by atoms with Gasteiger partial charge in [-0.05, 0) is 0 Å². The fourth-order valence-corrected chi connectivity index (χ4v) is 1.23. The van der Waals surface area contributed by atoms with E-state index in [1.807, 2.05) is 0 Å². The lowest BCUT2D eigenvalue weighted by Gasteiger charge is -2.28. The molecule has 102 valence electrons. The third-order valence-corrected chi connectivity index (χ3v) is 2.29. The molecule has 0 bridgehead atoms. The van der Waals surface area contributed by atoms with Crippen molar-refractivity contribution in [2.24, 2.45) is 0 Å². The maximum Gasteiger partial charge on any atom is 0.232 e. The van der Waals surface area contributed by atoms with Gasteiger partial charge in [-0.2, -0.15) is 0 Å². The maximum absolute atomic E-state index is 10.2. The van der Waals surface area contributed by atoms with Crippen molar-refractivity contribution in [3.63, 3.8) is 0 Å². The molecule has 9 nitrogen and oxygen atoms in total. The molecule has 5 N–H and O–H groups in total. The Hall–Kier alpha value is -0.840. The molecular weight excluding hydrogens is 238 g/mol. The summed E-state index contributed by atoms with van der Waals surface area (Å²) in [6, 6.07) is 0. The van der Waals surface area contributed by atoms with Crippen LogP contribution in [0.5, 0.6) is 0 Å². The quantitative estimate of drug-likeness (QED) is 0.223. The van der Waals surface area contributed by atoms with Gasteiger partial charge in [0.15, 0.2) is 0 Å². The fraction of sp³-hybridized carbons (Fsp3) is 1.00. The summed E-state index contributed by atoms with van der Waals surface area (Å²) in [5.41, 5.74) is 0. The summed E-state index contributed by atoms with van der Waals surface area (Å²) >= 11 is 0. The summed E-state index contributed by atoms with van der Waals surface area (Å²) in [6.07, 6.45) is -8.46. The van der Waals surface area contributed by atoms with Crippen molar-refractivity contribution in [2.45, 2.75) is 30.5 Å². The monoisotopic (exact) mass is 255 g/mol. The van der Waals surface area contributed by atoms with E-state index in [0.29, 0.717) is 0 Å². The third kappa shape index (κ3) is 4.89. The van der Waals surface area contributed by atoms with Crippen LogP contribution in [-0.4, -0.2) is 81.2 Å². The lowest BCUT2D eigenvalue weighted by atomic mass is 9.99. The Kier molecular flexibility index (Phi) is 7.11. The Morgan fingerprint density at radius 2 is 1.71 bits per heavy atom. The fourth-order valence-electron chi connectivity index (χ4n) is 1.23. The summed E-state index contributed by atoms with van der Waals surface area (Å²) in [5.74, 6) is 0. The van der Waals surface area contributed by atoms with E-state index in [1.54, 1.807) is 0 Å². The van der Waals surface area contributed by atoms with Crippen LogP contribution in [0.2, 0.25) is 0 Å². The lowest BCUT2D eigenvalue weighted by molar-refractivity contribution is -0.494. The molecule has 0 saturated heterocycles. The van der Waals surface area contributed by atoms with Crippen molar-refractivity contribution >= 4 is 0 Å². The highest BCUT2D eigenvalue weighted by Crippen LogP contribution is 2.10. The van der Waals surface area contributed by atoms with Crippen LogP contribution in [0.3, 0.4) is 0 Å². The smallest absolute Gasteiger partial charge is 0.232 e. The second-order valence-electron chi connectivity index (χ2n) is 3.51. The highest BCUT2D eigenvalue weighted by Gasteiger charge is 2.36. The molecule has 17 heavy (non-hydrogen) atoms. The summed E-state index contributed by atoms with van der Waals surface area (Å²) in [5, 5.41) is 56.0. The van der Waals surface area contributed by atoms with Crippen LogP contribution in [0.4, 0.5) is 0 Å². The van der Waals surface area contributed by atoms with Crippen LogP contribution in [0.15, 0.2) is 0 Å². The van der Waals surface area contributed by atoms with E-state index < -0.39 is 48.6 Å². The van der Waals surface area contributed by atoms with Crippen LogP contribution in [0.1, 0.15) is 0 Å². The van der Waals surface area contributed by atoms with Gasteiger partial charge in [0.25, 0.3) is 0 Å². The zero-order chi connectivity index (χ0) is 13.6. The van der Waals surface area contributed by atoms with E-state index in [0.717, 1.165) is 7.11 Å². The van der Waals surface area contributed by atoms with Gasteiger partial charge in [-0.1, -0.05) is 0 Å². The van der Waals surface area contributed by atoms with Gasteiger partial charge in [0.1, 0.15) is 30.5 Å². The number of rotatable bonds is 8. The van der Waals surface area contributed by atoms with Gasteiger partial charge < -0.3 is 30.3 Å². The van der Waals surface area contributed by atoms with Gasteiger partial charge in [-0.15, -0.1) is 0 Å². The molecule has 0 aliphatic carbocycles. The van der Waals surface area contributed by atoms with Gasteiger partial charge in [-0.3, -0.25) is 10.1 Å². The maximum atomic E-state index is 10.2. The Bertz CT molecular complexity index is 238. The van der Waals surface area contributed by atoms with Crippen molar-refractivity contribution in [2.75, 3.05) is 20.3 Å². The molecule has 0 rings (SSSR count). The number of hydrogen-bond donors (Lipinski definition) is 5. The summed E-state index contributed by atoms with van der Waals surface area (Å²) in [7, 11) is 1.10. The predicted molar refractivity (Wildman–Crippen MR) is 53.8 cm³/mol. The van der Waals surface area contributed by atoms with Crippen LogP contribution in [0, 0.1) is 10.1 Å². The average Bonchev–Trinajstić information content (AvgIpc) is 2.31. The molecule has 5 atom stereocenters. The predicted octanol–water partition coefficient (Wildman–Crippen LogP) is -3.29. The molecule has 0 heterocycles. The van der Waals surface area contributed by atoms with Gasteiger partial charge >= 0.3 is 0 Å². The van der Waals surface area contributed by atoms with Crippen LogP contribution < -0.4 is 0 Å². The zero-order valence-corrected chi connectivity index (χ0v) is 9.21. The first-order valence-electron chi connectivity index (χ1n) is 4.82. The molecule has 0 aliphatic rings. The van der Waals surface area contributed by atoms with Gasteiger partial charge in [0.2, 0.25) is 6.54 Å². The average molecular weight is 255 g/mol. The van der Waals surface area contributed by atoms with E-state index in [9.17, 15) is 25.4 Å². The summed E-state index contributed by atoms with van der Waals surface area (Å²) < 4.78 is 4.60. The molecule has 0 spiro atoms. The molecule has 0 saturated carbocycles. The second kappa shape index (κ2) is 7.48. The molecule has 0 unspecified atom stereocenters. The number of hydrogen-bond acceptors (Lipinski definition) is 8. The van der Waals surface area contributed by atoms with Crippen LogP contribution in [0.25, 0.3) is 0 Å². The van der Waals surface area contributed by atoms with Crippen LogP contribution in [-0.2, 0) is 4.74 Å². The number of aliphatic hydroxyl groups excluding tert-OH is 5. The molecular formula is C8H17NO8. The first-order chi connectivity index (χ1) is 7.84. The first kappa shape index (κ1) is 16.2. The Morgan fingerprint density at radius 3 is 2.06 bits per heavy atom. The van der Waals surface area contributed by atoms with Gasteiger partial charge in [-0.25, -0.2) is 0 Å². The highest BCUT2D eigenvalue weighted by atomic mass is 16.6. The highest BCUT2D eigenvalue weighted by molar-refractivity contribution is 4.85. The molecule has 0 fully saturated rings. The van der Waals surface area contributed by atoms with Crippen LogP contribution >= 0.6 is 0 Å². The minimum atomic E-state index is -1.87. The van der Waals surface area contributed by atoms with E-state index in [-0.39, 0.29) is 0 Å². The van der Waals surface area contributed by atoms with E-state index in [2.05, 4.69) is 4.74 Å². The molecule has 0 aromatic heterocycles. The lowest BCUT2D eigenvalue weighted by Crippen LogP contribution is -2.51. The third-order valence-electron chi connectivity index (χ3n) is 2.29. The summed E-state index contributed by atoms with van der Waals surface area (Å²) in [6.45, 7) is -1.59. The van der Waals surface area contributed by atoms with Crippen molar-refractivity contribution in [3.05, 3.63) is 10.1 Å². The number of methoxy groups -OCH3 is 1. The molecule has 0 aliphatic heterocycles. The van der Waals surface area contributed by atoms with Gasteiger partial charge in [0.05, 0.1) is 6.61 Å². The Labute approximate surface area is 97.0 Å². The van der Waals surface area contributed by atoms with Crippen molar-refractivity contribution in [1.29, 1.82) is 0 Å². The number of ether oxygens (including phenoxy) is 1. The van der Waals surface area contributed by atoms with Crippen molar-refractivity contribution in [1.82, 2.24) is 0 Å². The van der Waals surface area contributed by atoms with E-state index in [1.165, 1.54) is 0 Å². The minimum absolute atomic E-state index is 0.751. The second-order valence-corrected chi connectivity index (χ2v) is 3.51. The SMILES string of the molecule is CO[C@@H](C[N+](=O)[O-])[C@H](O)[C@@H](O)[C@@H](O)[C@H](O)CO. The van der Waals surface area contributed by atoms with Crippen molar-refractivity contribution in [3.8, 4) is 0 Å². The Morgan fingerprint density at radius 1 is 1.18 bits per heavy atom. The van der Waals surface area contributed by atoms with Gasteiger partial charge in [0, 0.05) is 12.0 Å². The molecule has 9 heteroatoms. The molecule has 0 amide bonds. The number of aliphatic hydroxyl groups is 5. The molecule has 0 aromatic rings. The van der Waals surface area contributed by atoms with E-state index in [4.69, 9.17) is 10.2 Å². The largest absolute Gasteiger partial charge is 0.394 e. The number of nitro groups is 1. The topological polar surface area (TPSA) is 154 Å². The standard InChI is InChI=1S/C8H17NO8/c1-17-5(2-9(15)16)7(13)8(14)6(12)4(11)3-10/h4-8,10-14H,2-3H2,1H3/t4-,5+,6+,7+,8+/m1/s1.